The first-order chi connectivity index (χ1) is 30.0. The lowest BCUT2D eigenvalue weighted by Crippen LogP contribution is -2.67. The van der Waals surface area contributed by atoms with E-state index >= 15 is 4.79 Å². The van der Waals surface area contributed by atoms with Crippen LogP contribution in [0.3, 0.4) is 0 Å². The van der Waals surface area contributed by atoms with Gasteiger partial charge in [-0.2, -0.15) is 9.59 Å². The summed E-state index contributed by atoms with van der Waals surface area (Å²) >= 11 is 0. The first-order valence-electron chi connectivity index (χ1n) is 25.6. The van der Waals surface area contributed by atoms with Crippen LogP contribution in [0.25, 0.3) is 0 Å². The topological polar surface area (TPSA) is 116 Å². The van der Waals surface area contributed by atoms with Gasteiger partial charge in [-0.3, -0.25) is 9.59 Å². The standard InChI is InChI=1S/C55H80N2O4.CO2/c1-33-56-57-46(60-33)39-30-36(48(39,2)3)32-43(58)55-24-19-37(51(8)25-26-51)45(55)38-17-18-42-52(9)22-21-44(50(6,7)41(52)20-23-54(42,11)53(38,10)27-28-55)61-47(59)40-31-35(49(40,4)5)29-34-15-13-12-14-16-34;2-1-3/h12-16,35-42,44-45H,17-32H2,1-11H3;/t35-,36+,37-,38-,39-,40-,41+,42-,44+,45-,52+,53-,54-,55-;/m1./s1. The number of hydrogen-bond acceptors (Lipinski definition) is 8. The van der Waals surface area contributed by atoms with Gasteiger partial charge in [-0.25, -0.2) is 0 Å². The number of fused-ring (bicyclic) bond motifs is 7. The van der Waals surface area contributed by atoms with E-state index in [-0.39, 0.29) is 68.0 Å². The molecule has 1 heterocycles. The van der Waals surface area contributed by atoms with E-state index in [1.807, 2.05) is 6.92 Å². The van der Waals surface area contributed by atoms with Crippen LogP contribution in [0.1, 0.15) is 189 Å². The van der Waals surface area contributed by atoms with Crippen molar-refractivity contribution in [1.29, 1.82) is 0 Å². The summed E-state index contributed by atoms with van der Waals surface area (Å²) in [7, 11) is 0. The number of nitrogens with zero attached hydrogens (tertiary/aromatic N) is 2. The summed E-state index contributed by atoms with van der Waals surface area (Å²) < 4.78 is 12.7. The van der Waals surface area contributed by atoms with Gasteiger partial charge in [0.1, 0.15) is 11.9 Å². The van der Waals surface area contributed by atoms with Crippen LogP contribution in [0.4, 0.5) is 0 Å². The Kier molecular flexibility index (Phi) is 11.1. The van der Waals surface area contributed by atoms with Gasteiger partial charge in [0.05, 0.1) is 5.92 Å². The number of carbonyl (C=O) groups excluding carboxylic acids is 4. The summed E-state index contributed by atoms with van der Waals surface area (Å²) in [6.07, 6.45) is 18.4. The second-order valence-electron chi connectivity index (χ2n) is 26.1. The number of aromatic nitrogens is 2. The Labute approximate surface area is 384 Å². The third-order valence-electron chi connectivity index (χ3n) is 22.9. The zero-order valence-electron chi connectivity index (χ0n) is 41.3. The minimum absolute atomic E-state index is 0.0177. The number of carbonyl (C=O) groups is 2. The van der Waals surface area contributed by atoms with E-state index in [9.17, 15) is 4.79 Å². The van der Waals surface area contributed by atoms with Gasteiger partial charge >= 0.3 is 12.1 Å². The van der Waals surface area contributed by atoms with Crippen molar-refractivity contribution in [2.45, 2.75) is 191 Å². The molecule has 0 radical (unpaired) electrons. The van der Waals surface area contributed by atoms with Crippen molar-refractivity contribution < 1.29 is 28.3 Å². The highest BCUT2D eigenvalue weighted by Crippen LogP contribution is 2.79. The Morgan fingerprint density at radius 1 is 0.703 bits per heavy atom. The largest absolute Gasteiger partial charge is 0.462 e. The summed E-state index contributed by atoms with van der Waals surface area (Å²) in [5, 5.41) is 8.56. The van der Waals surface area contributed by atoms with E-state index in [2.05, 4.69) is 110 Å². The van der Waals surface area contributed by atoms with Crippen molar-refractivity contribution in [2.24, 2.45) is 90.7 Å². The average molecular weight is 877 g/mol. The molecule has 0 saturated heterocycles. The van der Waals surface area contributed by atoms with Crippen LogP contribution < -0.4 is 0 Å². The van der Waals surface area contributed by atoms with Gasteiger partial charge in [-0.15, -0.1) is 10.2 Å². The highest BCUT2D eigenvalue weighted by Gasteiger charge is 2.74. The van der Waals surface area contributed by atoms with Crippen LogP contribution in [0, 0.1) is 97.6 Å². The minimum atomic E-state index is -0.159. The van der Waals surface area contributed by atoms with Gasteiger partial charge in [0.15, 0.2) is 0 Å². The fraction of sp³-hybridized carbons (Fsp3) is 0.804. The minimum Gasteiger partial charge on any atom is -0.462 e. The van der Waals surface area contributed by atoms with Gasteiger partial charge in [0, 0.05) is 30.1 Å². The maximum absolute atomic E-state index is 15.3. The molecule has 0 bridgehead atoms. The molecule has 1 aromatic carbocycles. The Balaban J connectivity index is 0.00000168. The number of ketones is 1. The van der Waals surface area contributed by atoms with Crippen LogP contribution in [0.5, 0.6) is 0 Å². The monoisotopic (exact) mass is 877 g/mol. The van der Waals surface area contributed by atoms with Crippen LogP contribution >= 0.6 is 0 Å². The summed E-state index contributed by atoms with van der Waals surface area (Å²) in [6.45, 7) is 26.8. The third kappa shape index (κ3) is 6.68. The lowest BCUT2D eigenvalue weighted by molar-refractivity contribution is -0.252. The molecule has 0 aliphatic heterocycles. The van der Waals surface area contributed by atoms with Gasteiger partial charge in [-0.1, -0.05) is 99.6 Å². The van der Waals surface area contributed by atoms with E-state index in [1.165, 1.54) is 56.9 Å². The zero-order chi connectivity index (χ0) is 46.0. The SMILES string of the molecule is Cc1nnc([C@H]2C[C@@H](CC(=O)[C@]34CC[C@@H](C5(C)CC5)[C@@H]3[C@H]3CC[C@@H]5[C@@]6(C)CC[C@H](OC(=O)[C@H]7C[C@@H](Cc8ccccc8)C7(C)C)C(C)(C)[C@@H]6CC[C@@]5(C)[C@]3(C)CC4)C2(C)C)o1.O=C=O. The van der Waals surface area contributed by atoms with Crippen molar-refractivity contribution in [3.05, 3.63) is 47.7 Å². The number of Topliss-reactive ketones (excluding diaryl/α,β-unsaturated/α-hetero) is 1. The molecule has 0 spiro atoms. The first-order valence-corrected chi connectivity index (χ1v) is 25.6. The number of hydrogen-bond donors (Lipinski definition) is 0. The Morgan fingerprint density at radius 2 is 1.41 bits per heavy atom. The van der Waals surface area contributed by atoms with Gasteiger partial charge < -0.3 is 9.15 Å². The molecule has 0 N–H and O–H groups in total. The molecular weight excluding hydrogens is 797 g/mol. The van der Waals surface area contributed by atoms with Crippen molar-refractivity contribution in [3.8, 4) is 0 Å². The molecule has 8 fully saturated rings. The quantitative estimate of drug-likeness (QED) is 0.229. The molecule has 8 saturated carbocycles. The van der Waals surface area contributed by atoms with E-state index < -0.39 is 0 Å². The van der Waals surface area contributed by atoms with Gasteiger partial charge in [-0.05, 0) is 176 Å². The second-order valence-corrected chi connectivity index (χ2v) is 26.1. The molecule has 1 aromatic heterocycles. The van der Waals surface area contributed by atoms with E-state index in [0.717, 1.165) is 50.8 Å². The highest BCUT2D eigenvalue weighted by molar-refractivity contribution is 5.86. The van der Waals surface area contributed by atoms with Crippen LogP contribution in [0.2, 0.25) is 0 Å². The molecule has 2 aromatic rings. The molecule has 64 heavy (non-hydrogen) atoms. The summed E-state index contributed by atoms with van der Waals surface area (Å²) in [5.41, 5.74) is 2.17. The van der Waals surface area contributed by atoms with E-state index in [0.29, 0.717) is 64.9 Å². The normalized spacial score (nSPS) is 43.7. The Morgan fingerprint density at radius 3 is 2.03 bits per heavy atom. The average Bonchev–Trinajstić information content (AvgIpc) is 3.63. The van der Waals surface area contributed by atoms with Crippen molar-refractivity contribution in [3.63, 3.8) is 0 Å². The molecule has 10 rings (SSSR count). The first kappa shape index (κ1) is 46.0. The Bertz CT molecular complexity index is 2150. The fourth-order valence-electron chi connectivity index (χ4n) is 18.1. The molecule has 8 aliphatic rings. The second kappa shape index (κ2) is 15.5. The number of aryl methyl sites for hydroxylation is 1. The molecule has 8 nitrogen and oxygen atoms in total. The van der Waals surface area contributed by atoms with Crippen molar-refractivity contribution in [1.82, 2.24) is 10.2 Å². The molecule has 8 heteroatoms. The number of ether oxygens (including phenoxy) is 1. The molecule has 8 aliphatic carbocycles. The lowest BCUT2D eigenvalue weighted by Gasteiger charge is -2.73. The van der Waals surface area contributed by atoms with E-state index in [4.69, 9.17) is 18.7 Å². The predicted octanol–water partition coefficient (Wildman–Crippen LogP) is 12.6. The number of rotatable bonds is 9. The van der Waals surface area contributed by atoms with E-state index in [1.54, 1.807) is 0 Å². The zero-order valence-corrected chi connectivity index (χ0v) is 41.3. The summed E-state index contributed by atoms with van der Waals surface area (Å²) in [5.74, 6) is 6.15. The third-order valence-corrected chi connectivity index (χ3v) is 22.9. The summed E-state index contributed by atoms with van der Waals surface area (Å²) in [6, 6.07) is 10.8. The maximum atomic E-state index is 15.3. The van der Waals surface area contributed by atoms with Gasteiger partial charge in [0.25, 0.3) is 0 Å². The number of benzene rings is 1. The maximum Gasteiger partial charge on any atom is 0.373 e. The Hall–Kier alpha value is -3.12. The van der Waals surface area contributed by atoms with Crippen LogP contribution in [0.15, 0.2) is 34.7 Å². The molecule has 0 unspecified atom stereocenters. The van der Waals surface area contributed by atoms with Crippen molar-refractivity contribution >= 4 is 17.9 Å². The molecule has 0 amide bonds. The molecular formula is C56H80N2O6. The van der Waals surface area contributed by atoms with Crippen molar-refractivity contribution in [2.75, 3.05) is 0 Å². The summed E-state index contributed by atoms with van der Waals surface area (Å²) in [4.78, 5) is 45.7. The lowest BCUT2D eigenvalue weighted by atomic mass is 9.32. The van der Waals surface area contributed by atoms with Crippen LogP contribution in [-0.2, 0) is 30.3 Å². The smallest absolute Gasteiger partial charge is 0.373 e. The predicted molar refractivity (Wildman–Crippen MR) is 245 cm³/mol. The molecule has 350 valence electrons. The highest BCUT2D eigenvalue weighted by atomic mass is 16.5. The fourth-order valence-corrected chi connectivity index (χ4v) is 18.1. The van der Waals surface area contributed by atoms with Gasteiger partial charge in [0.2, 0.25) is 11.8 Å². The number of esters is 1. The van der Waals surface area contributed by atoms with Crippen LogP contribution in [-0.4, -0.2) is 34.2 Å². The molecule has 14 atom stereocenters.